The summed E-state index contributed by atoms with van der Waals surface area (Å²) >= 11 is 0. The third kappa shape index (κ3) is 5.14. The van der Waals surface area contributed by atoms with Crippen LogP contribution in [0.15, 0.2) is 18.7 Å². The van der Waals surface area contributed by atoms with Crippen molar-refractivity contribution in [3.8, 4) is 0 Å². The van der Waals surface area contributed by atoms with E-state index in [1.165, 1.54) is 0 Å². The molecule has 0 aliphatic rings. The molecule has 0 atom stereocenters. The van der Waals surface area contributed by atoms with E-state index in [2.05, 4.69) is 10.3 Å². The molecule has 1 amide bonds. The molecule has 0 radical (unpaired) electrons. The van der Waals surface area contributed by atoms with Gasteiger partial charge in [-0.2, -0.15) is 0 Å². The molecule has 0 saturated carbocycles. The van der Waals surface area contributed by atoms with E-state index in [1.54, 1.807) is 12.5 Å². The van der Waals surface area contributed by atoms with Gasteiger partial charge in [0, 0.05) is 25.5 Å². The lowest BCUT2D eigenvalue weighted by atomic mass is 10.3. The Morgan fingerprint density at radius 2 is 2.19 bits per heavy atom. The van der Waals surface area contributed by atoms with Crippen molar-refractivity contribution in [1.82, 2.24) is 14.9 Å². The predicted molar refractivity (Wildman–Crippen MR) is 56.7 cm³/mol. The fraction of sp³-hybridized carbons (Fsp3) is 0.500. The highest BCUT2D eigenvalue weighted by Gasteiger charge is 2.05. The van der Waals surface area contributed by atoms with E-state index in [4.69, 9.17) is 5.11 Å². The molecule has 0 unspecified atom stereocenters. The first-order chi connectivity index (χ1) is 7.68. The van der Waals surface area contributed by atoms with Gasteiger partial charge in [-0.05, 0) is 12.8 Å². The largest absolute Gasteiger partial charge is 0.481 e. The highest BCUT2D eigenvalue weighted by atomic mass is 16.4. The first-order valence-electron chi connectivity index (χ1n) is 5.12. The van der Waals surface area contributed by atoms with E-state index >= 15 is 0 Å². The number of aromatic nitrogens is 2. The molecular weight excluding hydrogens is 210 g/mol. The lowest BCUT2D eigenvalue weighted by molar-refractivity contribution is -0.140. The summed E-state index contributed by atoms with van der Waals surface area (Å²) in [5.41, 5.74) is 0. The van der Waals surface area contributed by atoms with Gasteiger partial charge >= 0.3 is 5.97 Å². The minimum absolute atomic E-state index is 0.435. The number of hydrogen-bond acceptors (Lipinski definition) is 3. The maximum atomic E-state index is 10.9. The summed E-state index contributed by atoms with van der Waals surface area (Å²) in [6, 6.07) is 0. The molecule has 88 valence electrons. The second kappa shape index (κ2) is 6.60. The molecule has 0 bridgehead atoms. The normalized spacial score (nSPS) is 10.0. The molecule has 0 saturated heterocycles. The number of nitrogens with zero attached hydrogens (tertiary/aromatic N) is 2. The minimum Gasteiger partial charge on any atom is -0.481 e. The van der Waals surface area contributed by atoms with Gasteiger partial charge in [0.25, 0.3) is 0 Å². The van der Waals surface area contributed by atoms with Crippen LogP contribution in [0.5, 0.6) is 0 Å². The van der Waals surface area contributed by atoms with E-state index in [0.717, 1.165) is 19.4 Å². The van der Waals surface area contributed by atoms with Crippen LogP contribution in [-0.2, 0) is 16.1 Å². The van der Waals surface area contributed by atoms with E-state index in [1.807, 2.05) is 10.8 Å². The van der Waals surface area contributed by atoms with Crippen molar-refractivity contribution in [2.24, 2.45) is 0 Å². The highest BCUT2D eigenvalue weighted by molar-refractivity contribution is 5.93. The number of aryl methyl sites for hydroxylation is 1. The van der Waals surface area contributed by atoms with Crippen LogP contribution in [0.4, 0.5) is 0 Å². The maximum absolute atomic E-state index is 10.9. The van der Waals surface area contributed by atoms with Gasteiger partial charge in [-0.1, -0.05) is 0 Å². The van der Waals surface area contributed by atoms with Crippen molar-refractivity contribution >= 4 is 11.9 Å². The molecule has 0 aliphatic carbocycles. The molecule has 2 N–H and O–H groups in total. The van der Waals surface area contributed by atoms with Crippen LogP contribution in [-0.4, -0.2) is 33.1 Å². The Morgan fingerprint density at radius 3 is 2.81 bits per heavy atom. The summed E-state index contributed by atoms with van der Waals surface area (Å²) in [4.78, 5) is 25.0. The number of carbonyl (C=O) groups is 2. The number of carbonyl (C=O) groups excluding carboxylic acids is 1. The Bertz CT molecular complexity index is 335. The second-order valence-electron chi connectivity index (χ2n) is 3.43. The van der Waals surface area contributed by atoms with Crippen molar-refractivity contribution in [1.29, 1.82) is 0 Å². The van der Waals surface area contributed by atoms with E-state index in [0.29, 0.717) is 6.54 Å². The van der Waals surface area contributed by atoms with Gasteiger partial charge < -0.3 is 15.0 Å². The Kier molecular flexibility index (Phi) is 5.04. The number of unbranched alkanes of at least 4 members (excludes halogenated alkanes) is 1. The van der Waals surface area contributed by atoms with Crippen LogP contribution in [0.2, 0.25) is 0 Å². The summed E-state index contributed by atoms with van der Waals surface area (Å²) in [6.07, 6.45) is 6.62. The Labute approximate surface area is 93.3 Å². The Morgan fingerprint density at radius 1 is 1.38 bits per heavy atom. The molecule has 16 heavy (non-hydrogen) atoms. The van der Waals surface area contributed by atoms with Crippen LogP contribution in [0.1, 0.15) is 19.3 Å². The zero-order chi connectivity index (χ0) is 11.8. The SMILES string of the molecule is O=C(O)CC(=O)NCCCCn1ccnc1. The van der Waals surface area contributed by atoms with Crippen LogP contribution in [0.25, 0.3) is 0 Å². The van der Waals surface area contributed by atoms with E-state index in [9.17, 15) is 9.59 Å². The highest BCUT2D eigenvalue weighted by Crippen LogP contribution is 1.94. The van der Waals surface area contributed by atoms with Gasteiger partial charge in [-0.25, -0.2) is 4.98 Å². The first-order valence-corrected chi connectivity index (χ1v) is 5.12. The summed E-state index contributed by atoms with van der Waals surface area (Å²) in [7, 11) is 0. The quantitative estimate of drug-likeness (QED) is 0.514. The summed E-state index contributed by atoms with van der Waals surface area (Å²) in [5, 5.41) is 10.9. The average Bonchev–Trinajstić information content (AvgIpc) is 2.68. The zero-order valence-electron chi connectivity index (χ0n) is 8.93. The Hall–Kier alpha value is -1.85. The molecule has 6 heteroatoms. The standard InChI is InChI=1S/C10H15N3O3/c14-9(7-10(15)16)12-3-1-2-5-13-6-4-11-8-13/h4,6,8H,1-3,5,7H2,(H,12,14)(H,15,16). The van der Waals surface area contributed by atoms with Crippen molar-refractivity contribution in [3.05, 3.63) is 18.7 Å². The average molecular weight is 225 g/mol. The van der Waals surface area contributed by atoms with Gasteiger partial charge in [0.1, 0.15) is 6.42 Å². The molecule has 1 rings (SSSR count). The summed E-state index contributed by atoms with van der Waals surface area (Å²) < 4.78 is 1.96. The summed E-state index contributed by atoms with van der Waals surface area (Å²) in [5.74, 6) is -1.54. The lowest BCUT2D eigenvalue weighted by Crippen LogP contribution is -2.26. The molecule has 1 aromatic rings. The van der Waals surface area contributed by atoms with Crippen molar-refractivity contribution < 1.29 is 14.7 Å². The van der Waals surface area contributed by atoms with Crippen molar-refractivity contribution in [2.75, 3.05) is 6.54 Å². The van der Waals surface area contributed by atoms with Crippen LogP contribution < -0.4 is 5.32 Å². The minimum atomic E-state index is -1.10. The fourth-order valence-corrected chi connectivity index (χ4v) is 1.27. The molecule has 1 heterocycles. The number of amides is 1. The van der Waals surface area contributed by atoms with Crippen LogP contribution in [0, 0.1) is 0 Å². The Balaban J connectivity index is 2.00. The van der Waals surface area contributed by atoms with Crippen molar-refractivity contribution in [2.45, 2.75) is 25.8 Å². The second-order valence-corrected chi connectivity index (χ2v) is 3.43. The van der Waals surface area contributed by atoms with Gasteiger partial charge in [0.05, 0.1) is 6.33 Å². The van der Waals surface area contributed by atoms with Gasteiger partial charge in [0.2, 0.25) is 5.91 Å². The number of aliphatic carboxylic acids is 1. The zero-order valence-corrected chi connectivity index (χ0v) is 8.93. The maximum Gasteiger partial charge on any atom is 0.312 e. The van der Waals surface area contributed by atoms with E-state index < -0.39 is 18.3 Å². The first kappa shape index (κ1) is 12.2. The number of nitrogens with one attached hydrogen (secondary N) is 1. The number of imidazole rings is 1. The molecule has 6 nitrogen and oxygen atoms in total. The van der Waals surface area contributed by atoms with Gasteiger partial charge in [-0.15, -0.1) is 0 Å². The number of rotatable bonds is 7. The van der Waals surface area contributed by atoms with Crippen LogP contribution >= 0.6 is 0 Å². The summed E-state index contributed by atoms with van der Waals surface area (Å²) in [6.45, 7) is 1.37. The van der Waals surface area contributed by atoms with E-state index in [-0.39, 0.29) is 0 Å². The third-order valence-corrected chi connectivity index (χ3v) is 2.04. The van der Waals surface area contributed by atoms with Crippen molar-refractivity contribution in [3.63, 3.8) is 0 Å². The van der Waals surface area contributed by atoms with Gasteiger partial charge in [-0.3, -0.25) is 9.59 Å². The monoisotopic (exact) mass is 225 g/mol. The lowest BCUT2D eigenvalue weighted by Gasteiger charge is -2.04. The van der Waals surface area contributed by atoms with Crippen LogP contribution in [0.3, 0.4) is 0 Å². The molecule has 0 fully saturated rings. The smallest absolute Gasteiger partial charge is 0.312 e. The number of hydrogen-bond donors (Lipinski definition) is 2. The fourth-order valence-electron chi connectivity index (χ4n) is 1.27. The van der Waals surface area contributed by atoms with Gasteiger partial charge in [0.15, 0.2) is 0 Å². The number of carboxylic acids is 1. The molecule has 0 spiro atoms. The molecule has 0 aromatic carbocycles. The molecule has 0 aliphatic heterocycles. The number of carboxylic acid groups (broad SMARTS) is 1. The molecule has 1 aromatic heterocycles. The topological polar surface area (TPSA) is 84.2 Å². The molecular formula is C10H15N3O3. The third-order valence-electron chi connectivity index (χ3n) is 2.04. The predicted octanol–water partition coefficient (Wildman–Crippen LogP) is 0.254.